The third-order valence-corrected chi connectivity index (χ3v) is 4.82. The lowest BCUT2D eigenvalue weighted by Gasteiger charge is -2.13. The summed E-state index contributed by atoms with van der Waals surface area (Å²) < 4.78 is 37.8. The Bertz CT molecular complexity index is 927. The molecule has 1 aromatic carbocycles. The summed E-state index contributed by atoms with van der Waals surface area (Å²) in [6.07, 6.45) is 1.68. The Morgan fingerprint density at radius 1 is 1.29 bits per heavy atom. The Hall–Kier alpha value is -2.17. The van der Waals surface area contributed by atoms with E-state index in [2.05, 4.69) is 15.6 Å². The van der Waals surface area contributed by atoms with E-state index in [-0.39, 0.29) is 35.3 Å². The van der Waals surface area contributed by atoms with Gasteiger partial charge in [-0.05, 0) is 38.0 Å². The molecule has 3 rings (SSSR count). The van der Waals surface area contributed by atoms with E-state index in [1.165, 1.54) is 24.3 Å². The maximum Gasteiger partial charge on any atom is 0.324 e. The van der Waals surface area contributed by atoms with Gasteiger partial charge in [0, 0.05) is 51.9 Å². The Labute approximate surface area is 173 Å². The van der Waals surface area contributed by atoms with Crippen molar-refractivity contribution < 1.29 is 22.8 Å². The molecule has 1 aromatic heterocycles. The fourth-order valence-corrected chi connectivity index (χ4v) is 3.07. The zero-order chi connectivity index (χ0) is 20.5. The van der Waals surface area contributed by atoms with Crippen LogP contribution >= 0.6 is 22.6 Å². The van der Waals surface area contributed by atoms with E-state index < -0.39 is 21.2 Å². The number of aromatic nitrogens is 1. The molecule has 148 valence electrons. The van der Waals surface area contributed by atoms with Gasteiger partial charge in [0.25, 0.3) is 5.91 Å². The summed E-state index contributed by atoms with van der Waals surface area (Å²) in [5, 5.41) is 5.18. The molecule has 0 radical (unpaired) electrons. The third-order valence-electron chi connectivity index (χ3n) is 4.24. The molecular formula is C19H17F3IN3O2. The van der Waals surface area contributed by atoms with Gasteiger partial charge in [0.15, 0.2) is 0 Å². The topological polar surface area (TPSA) is 71.1 Å². The van der Waals surface area contributed by atoms with E-state index in [0.29, 0.717) is 5.69 Å². The van der Waals surface area contributed by atoms with Gasteiger partial charge in [0.05, 0.1) is 5.56 Å². The molecule has 2 N–H and O–H groups in total. The summed E-state index contributed by atoms with van der Waals surface area (Å²) in [4.78, 5) is 28.5. The van der Waals surface area contributed by atoms with Crippen LogP contribution in [0.5, 0.6) is 0 Å². The first-order valence-corrected chi connectivity index (χ1v) is 9.65. The molecule has 1 fully saturated rings. The average Bonchev–Trinajstić information content (AvgIpc) is 3.44. The van der Waals surface area contributed by atoms with Gasteiger partial charge in [-0.3, -0.25) is 9.59 Å². The highest BCUT2D eigenvalue weighted by Crippen LogP contribution is 2.37. The standard InChI is InChI=1S/C19H17F3IN3O2/c1-10-7-13(8-15(25-10)26-18(28)11-5-6-11)17(27)24-9-12-3-2-4-14(16(12)20)19(21,22)23/h2-4,7-8,11H,5-6,9H2,1H3,(H,24,27)(H,25,26,28). The van der Waals surface area contributed by atoms with Crippen LogP contribution in [0.15, 0.2) is 30.3 Å². The summed E-state index contributed by atoms with van der Waals surface area (Å²) in [6.45, 7) is 1.42. The number of aryl methyl sites for hydroxylation is 1. The maximum atomic E-state index is 14.3. The predicted molar refractivity (Wildman–Crippen MR) is 106 cm³/mol. The van der Waals surface area contributed by atoms with Crippen molar-refractivity contribution in [2.75, 3.05) is 5.32 Å². The number of alkyl halides is 3. The zero-order valence-electron chi connectivity index (χ0n) is 14.9. The number of carbonyl (C=O) groups excluding carboxylic acids is 2. The second kappa shape index (κ2) is 8.06. The highest BCUT2D eigenvalue weighted by atomic mass is 127. The van der Waals surface area contributed by atoms with Crippen molar-refractivity contribution in [2.24, 2.45) is 5.92 Å². The van der Waals surface area contributed by atoms with Gasteiger partial charge in [-0.1, -0.05) is 12.1 Å². The molecule has 0 bridgehead atoms. The molecule has 0 saturated heterocycles. The number of rotatable bonds is 6. The molecule has 0 spiro atoms. The van der Waals surface area contributed by atoms with Gasteiger partial charge in [0.1, 0.15) is 11.6 Å². The molecule has 1 aliphatic rings. The summed E-state index contributed by atoms with van der Waals surface area (Å²) in [6, 6.07) is 6.60. The molecule has 28 heavy (non-hydrogen) atoms. The molecule has 0 aliphatic heterocycles. The second-order valence-corrected chi connectivity index (χ2v) is 7.96. The zero-order valence-corrected chi connectivity index (χ0v) is 17.0. The molecule has 5 nitrogen and oxygen atoms in total. The maximum absolute atomic E-state index is 14.3. The highest BCUT2D eigenvalue weighted by molar-refractivity contribution is 14.1. The Kier molecular flexibility index (Phi) is 5.92. The van der Waals surface area contributed by atoms with Crippen LogP contribution in [0.2, 0.25) is 0 Å². The van der Waals surface area contributed by atoms with Crippen LogP contribution in [-0.4, -0.2) is 16.8 Å². The molecule has 1 aliphatic carbocycles. The lowest BCUT2D eigenvalue weighted by Crippen LogP contribution is -2.24. The van der Waals surface area contributed by atoms with Crippen LogP contribution < -0.4 is 10.6 Å². The molecule has 0 unspecified atom stereocenters. The molecule has 2 amide bonds. The van der Waals surface area contributed by atoms with Crippen molar-refractivity contribution in [3.63, 3.8) is 0 Å². The van der Waals surface area contributed by atoms with E-state index >= 15 is 0 Å². The van der Waals surface area contributed by atoms with Crippen molar-refractivity contribution in [1.29, 1.82) is 0 Å². The first kappa shape index (κ1) is 20.6. The van der Waals surface area contributed by atoms with Gasteiger partial charge in [-0.2, -0.15) is 8.78 Å². The number of pyridine rings is 1. The number of nitrogens with zero attached hydrogens (tertiary/aromatic N) is 1. The molecule has 1 heterocycles. The normalized spacial score (nSPS) is 13.9. The van der Waals surface area contributed by atoms with Crippen LogP contribution in [-0.2, 0) is 15.3 Å². The van der Waals surface area contributed by atoms with E-state index in [0.717, 1.165) is 41.5 Å². The summed E-state index contributed by atoms with van der Waals surface area (Å²) >= 11 is 0.859. The quantitative estimate of drug-likeness (QED) is 0.457. The Balaban J connectivity index is 1.71. The monoisotopic (exact) mass is 503 g/mol. The molecule has 1 saturated carbocycles. The Morgan fingerprint density at radius 2 is 2.00 bits per heavy atom. The van der Waals surface area contributed by atoms with Crippen LogP contribution in [0.3, 0.4) is 0 Å². The molecule has 0 atom stereocenters. The number of amides is 2. The van der Waals surface area contributed by atoms with E-state index in [9.17, 15) is 22.8 Å². The number of benzene rings is 1. The van der Waals surface area contributed by atoms with Crippen molar-refractivity contribution in [2.45, 2.75) is 30.2 Å². The van der Waals surface area contributed by atoms with Crippen molar-refractivity contribution in [1.82, 2.24) is 10.3 Å². The van der Waals surface area contributed by atoms with Gasteiger partial charge in [-0.25, -0.2) is 9.37 Å². The van der Waals surface area contributed by atoms with Gasteiger partial charge >= 0.3 is 3.93 Å². The first-order chi connectivity index (χ1) is 13.1. The fourth-order valence-electron chi connectivity index (χ4n) is 2.65. The minimum Gasteiger partial charge on any atom is -0.348 e. The molecule has 2 aromatic rings. The van der Waals surface area contributed by atoms with Crippen LogP contribution in [0, 0.1) is 18.7 Å². The summed E-state index contributed by atoms with van der Waals surface area (Å²) in [5.41, 5.74) is -0.0224. The number of anilines is 1. The minimum absolute atomic E-state index is 0.00845. The average molecular weight is 503 g/mol. The highest BCUT2D eigenvalue weighted by Gasteiger charge is 2.31. The van der Waals surface area contributed by atoms with E-state index in [1.54, 1.807) is 6.92 Å². The first-order valence-electron chi connectivity index (χ1n) is 8.57. The number of hydrogen-bond acceptors (Lipinski definition) is 3. The van der Waals surface area contributed by atoms with Crippen molar-refractivity contribution in [3.05, 3.63) is 58.5 Å². The van der Waals surface area contributed by atoms with Crippen LogP contribution in [0.4, 0.5) is 19.0 Å². The molecular weight excluding hydrogens is 486 g/mol. The lowest BCUT2D eigenvalue weighted by atomic mass is 10.1. The van der Waals surface area contributed by atoms with Crippen LogP contribution in [0.25, 0.3) is 0 Å². The number of halogens is 4. The van der Waals surface area contributed by atoms with Crippen LogP contribution in [0.1, 0.15) is 40.0 Å². The minimum atomic E-state index is -3.35. The second-order valence-electron chi connectivity index (χ2n) is 6.61. The third kappa shape index (κ3) is 5.00. The molecule has 9 heteroatoms. The predicted octanol–water partition coefficient (Wildman–Crippen LogP) is 4.29. The number of hydrogen-bond donors (Lipinski definition) is 2. The smallest absolute Gasteiger partial charge is 0.324 e. The van der Waals surface area contributed by atoms with Gasteiger partial charge in [0.2, 0.25) is 5.91 Å². The summed E-state index contributed by atoms with van der Waals surface area (Å²) in [7, 11) is 0. The number of nitrogens with one attached hydrogen (secondary N) is 2. The van der Waals surface area contributed by atoms with Crippen molar-refractivity contribution in [3.8, 4) is 0 Å². The van der Waals surface area contributed by atoms with E-state index in [4.69, 9.17) is 0 Å². The van der Waals surface area contributed by atoms with Gasteiger partial charge < -0.3 is 10.6 Å². The van der Waals surface area contributed by atoms with Crippen molar-refractivity contribution >= 4 is 40.2 Å². The number of carbonyl (C=O) groups is 2. The van der Waals surface area contributed by atoms with E-state index in [1.807, 2.05) is 0 Å². The lowest BCUT2D eigenvalue weighted by molar-refractivity contribution is -0.117. The Morgan fingerprint density at radius 3 is 2.64 bits per heavy atom. The van der Waals surface area contributed by atoms with Gasteiger partial charge in [-0.15, -0.1) is 0 Å². The largest absolute Gasteiger partial charge is 0.348 e. The SMILES string of the molecule is Cc1cc(C(=O)NCc2cccc(C(F)(F)I)c2F)cc(NC(=O)C2CC2)n1. The summed E-state index contributed by atoms with van der Waals surface area (Å²) in [5.74, 6) is -1.46. The fraction of sp³-hybridized carbons (Fsp3) is 0.316.